The van der Waals surface area contributed by atoms with Gasteiger partial charge in [0, 0.05) is 6.04 Å². The highest BCUT2D eigenvalue weighted by Gasteiger charge is 2.12. The number of nitrogen functional groups attached to an aromatic ring is 1. The molecule has 96 valence electrons. The quantitative estimate of drug-likeness (QED) is 0.743. The van der Waals surface area contributed by atoms with Crippen molar-refractivity contribution < 1.29 is 4.74 Å². The predicted molar refractivity (Wildman–Crippen MR) is 74.6 cm³/mol. The zero-order valence-electron chi connectivity index (χ0n) is 11.3. The van der Waals surface area contributed by atoms with Gasteiger partial charge in [0.25, 0.3) is 0 Å². The Kier molecular flexibility index (Phi) is 5.13. The third kappa shape index (κ3) is 3.55. The molecule has 3 heteroatoms. The summed E-state index contributed by atoms with van der Waals surface area (Å²) in [5.74, 6) is 1.37. The maximum atomic E-state index is 6.07. The van der Waals surface area contributed by atoms with Crippen molar-refractivity contribution in [3.8, 4) is 5.75 Å². The number of anilines is 2. The minimum atomic E-state index is 0.402. The molecule has 2 atom stereocenters. The van der Waals surface area contributed by atoms with Crippen LogP contribution < -0.4 is 15.8 Å². The maximum Gasteiger partial charge on any atom is 0.144 e. The summed E-state index contributed by atoms with van der Waals surface area (Å²) in [5, 5.41) is 3.45. The highest BCUT2D eigenvalue weighted by atomic mass is 16.5. The lowest BCUT2D eigenvalue weighted by atomic mass is 10.0. The van der Waals surface area contributed by atoms with Gasteiger partial charge in [0.05, 0.1) is 18.0 Å². The van der Waals surface area contributed by atoms with E-state index in [-0.39, 0.29) is 0 Å². The van der Waals surface area contributed by atoms with Gasteiger partial charge in [0.2, 0.25) is 0 Å². The smallest absolute Gasteiger partial charge is 0.144 e. The number of para-hydroxylation sites is 1. The average molecular weight is 236 g/mol. The van der Waals surface area contributed by atoms with Gasteiger partial charge in [0.1, 0.15) is 5.75 Å². The van der Waals surface area contributed by atoms with E-state index in [0.717, 1.165) is 17.9 Å². The topological polar surface area (TPSA) is 47.3 Å². The Bertz CT molecular complexity index is 352. The fourth-order valence-electron chi connectivity index (χ4n) is 1.69. The summed E-state index contributed by atoms with van der Waals surface area (Å²) in [6.07, 6.45) is 1.15. The summed E-state index contributed by atoms with van der Waals surface area (Å²) >= 11 is 0. The molecule has 0 saturated heterocycles. The first-order valence-corrected chi connectivity index (χ1v) is 6.37. The number of nitrogens with two attached hydrogens (primary N) is 1. The average Bonchev–Trinajstić information content (AvgIpc) is 2.33. The second kappa shape index (κ2) is 6.38. The number of hydrogen-bond acceptors (Lipinski definition) is 3. The van der Waals surface area contributed by atoms with E-state index in [1.165, 1.54) is 0 Å². The lowest BCUT2D eigenvalue weighted by Crippen LogP contribution is -2.23. The van der Waals surface area contributed by atoms with Crippen LogP contribution in [0.25, 0.3) is 0 Å². The Balaban J connectivity index is 2.80. The van der Waals surface area contributed by atoms with Gasteiger partial charge in [-0.3, -0.25) is 0 Å². The summed E-state index contributed by atoms with van der Waals surface area (Å²) in [7, 11) is 0. The molecule has 0 aliphatic heterocycles. The van der Waals surface area contributed by atoms with Gasteiger partial charge < -0.3 is 15.8 Å². The summed E-state index contributed by atoms with van der Waals surface area (Å²) in [4.78, 5) is 0. The van der Waals surface area contributed by atoms with Crippen molar-refractivity contribution in [1.29, 1.82) is 0 Å². The summed E-state index contributed by atoms with van der Waals surface area (Å²) in [5.41, 5.74) is 7.73. The van der Waals surface area contributed by atoms with Crippen LogP contribution in [0.3, 0.4) is 0 Å². The van der Waals surface area contributed by atoms with Crippen LogP contribution in [0.2, 0.25) is 0 Å². The molecular formula is C14H24N2O. The number of ether oxygens (including phenoxy) is 1. The molecule has 0 spiro atoms. The monoisotopic (exact) mass is 236 g/mol. The largest absolute Gasteiger partial charge is 0.492 e. The SMILES string of the molecule is CCOc1cccc(NC(C)C(C)CC)c1N. The number of benzene rings is 1. The standard InChI is InChI=1S/C14H24N2O/c1-5-10(3)11(4)16-12-8-7-9-13(14(12)15)17-6-2/h7-11,16H,5-6,15H2,1-4H3. The first kappa shape index (κ1) is 13.7. The molecule has 1 rings (SSSR count). The van der Waals surface area contributed by atoms with Gasteiger partial charge in [-0.25, -0.2) is 0 Å². The second-order valence-electron chi connectivity index (χ2n) is 4.47. The maximum absolute atomic E-state index is 6.07. The van der Waals surface area contributed by atoms with E-state index in [4.69, 9.17) is 10.5 Å². The number of nitrogens with one attached hydrogen (secondary N) is 1. The van der Waals surface area contributed by atoms with Crippen LogP contribution in [0.1, 0.15) is 34.1 Å². The molecule has 0 aliphatic carbocycles. The van der Waals surface area contributed by atoms with E-state index in [9.17, 15) is 0 Å². The third-order valence-electron chi connectivity index (χ3n) is 3.25. The van der Waals surface area contributed by atoms with E-state index >= 15 is 0 Å². The molecule has 3 nitrogen and oxygen atoms in total. The van der Waals surface area contributed by atoms with E-state index in [0.29, 0.717) is 24.3 Å². The Labute approximate surface area is 104 Å². The molecule has 1 aromatic rings. The minimum Gasteiger partial charge on any atom is -0.492 e. The Morgan fingerprint density at radius 2 is 2.00 bits per heavy atom. The first-order chi connectivity index (χ1) is 8.10. The lowest BCUT2D eigenvalue weighted by molar-refractivity contribution is 0.342. The van der Waals surface area contributed by atoms with Crippen LogP contribution in [0.5, 0.6) is 5.75 Å². The Morgan fingerprint density at radius 3 is 2.59 bits per heavy atom. The highest BCUT2D eigenvalue weighted by molar-refractivity contribution is 5.73. The fourth-order valence-corrected chi connectivity index (χ4v) is 1.69. The molecule has 0 fully saturated rings. The predicted octanol–water partition coefficient (Wildman–Crippen LogP) is 3.51. The van der Waals surface area contributed by atoms with E-state index in [2.05, 4.69) is 26.1 Å². The van der Waals surface area contributed by atoms with Crippen molar-refractivity contribution in [1.82, 2.24) is 0 Å². The normalized spacial score (nSPS) is 14.1. The van der Waals surface area contributed by atoms with Crippen LogP contribution in [-0.2, 0) is 0 Å². The summed E-state index contributed by atoms with van der Waals surface area (Å²) in [6, 6.07) is 6.26. The Hall–Kier alpha value is -1.38. The molecule has 2 unspecified atom stereocenters. The van der Waals surface area contributed by atoms with Gasteiger partial charge in [-0.1, -0.05) is 26.3 Å². The molecule has 0 heterocycles. The fraction of sp³-hybridized carbons (Fsp3) is 0.571. The van der Waals surface area contributed by atoms with Gasteiger partial charge >= 0.3 is 0 Å². The van der Waals surface area contributed by atoms with Gasteiger partial charge in [0.15, 0.2) is 0 Å². The summed E-state index contributed by atoms with van der Waals surface area (Å²) in [6.45, 7) is 9.21. The summed E-state index contributed by atoms with van der Waals surface area (Å²) < 4.78 is 5.48. The Morgan fingerprint density at radius 1 is 1.29 bits per heavy atom. The van der Waals surface area contributed by atoms with Crippen molar-refractivity contribution in [3.63, 3.8) is 0 Å². The van der Waals surface area contributed by atoms with Crippen LogP contribution in [-0.4, -0.2) is 12.6 Å². The van der Waals surface area contributed by atoms with Crippen molar-refractivity contribution in [2.75, 3.05) is 17.7 Å². The molecule has 0 aromatic heterocycles. The lowest BCUT2D eigenvalue weighted by Gasteiger charge is -2.22. The molecular weight excluding hydrogens is 212 g/mol. The second-order valence-corrected chi connectivity index (χ2v) is 4.47. The molecule has 1 aromatic carbocycles. The van der Waals surface area contributed by atoms with Crippen LogP contribution in [0.15, 0.2) is 18.2 Å². The van der Waals surface area contributed by atoms with Gasteiger partial charge in [-0.15, -0.1) is 0 Å². The zero-order valence-corrected chi connectivity index (χ0v) is 11.3. The van der Waals surface area contributed by atoms with Crippen LogP contribution in [0, 0.1) is 5.92 Å². The third-order valence-corrected chi connectivity index (χ3v) is 3.25. The van der Waals surface area contributed by atoms with Crippen molar-refractivity contribution >= 4 is 11.4 Å². The highest BCUT2D eigenvalue weighted by Crippen LogP contribution is 2.30. The minimum absolute atomic E-state index is 0.402. The van der Waals surface area contributed by atoms with Crippen molar-refractivity contribution in [2.24, 2.45) is 5.92 Å². The molecule has 0 radical (unpaired) electrons. The van der Waals surface area contributed by atoms with E-state index in [1.807, 2.05) is 25.1 Å². The molecule has 0 amide bonds. The van der Waals surface area contributed by atoms with Crippen LogP contribution in [0.4, 0.5) is 11.4 Å². The first-order valence-electron chi connectivity index (χ1n) is 6.37. The molecule has 0 aliphatic rings. The van der Waals surface area contributed by atoms with E-state index < -0.39 is 0 Å². The molecule has 0 saturated carbocycles. The van der Waals surface area contributed by atoms with Crippen LogP contribution >= 0.6 is 0 Å². The molecule has 17 heavy (non-hydrogen) atoms. The van der Waals surface area contributed by atoms with Gasteiger partial charge in [-0.05, 0) is 31.9 Å². The van der Waals surface area contributed by atoms with Crippen molar-refractivity contribution in [2.45, 2.75) is 40.2 Å². The molecule has 3 N–H and O–H groups in total. The van der Waals surface area contributed by atoms with E-state index in [1.54, 1.807) is 0 Å². The van der Waals surface area contributed by atoms with Gasteiger partial charge in [-0.2, -0.15) is 0 Å². The van der Waals surface area contributed by atoms with Crippen molar-refractivity contribution in [3.05, 3.63) is 18.2 Å². The zero-order chi connectivity index (χ0) is 12.8. The number of hydrogen-bond donors (Lipinski definition) is 2. The molecule has 0 bridgehead atoms. The number of rotatable bonds is 6.